The molecule has 146 valence electrons. The molecule has 1 heterocycles. The lowest BCUT2D eigenvalue weighted by atomic mass is 10.1. The third-order valence-corrected chi connectivity index (χ3v) is 6.33. The monoisotopic (exact) mass is 409 g/mol. The molecular formula is C19H24ClN3O3S. The van der Waals surface area contributed by atoms with Gasteiger partial charge < -0.3 is 10.6 Å². The van der Waals surface area contributed by atoms with E-state index in [0.717, 1.165) is 25.9 Å². The molecule has 1 saturated heterocycles. The number of carbonyl (C=O) groups excluding carboxylic acids is 1. The first kappa shape index (κ1) is 21.2. The minimum atomic E-state index is -3.74. The van der Waals surface area contributed by atoms with Crippen LogP contribution >= 0.6 is 12.4 Å². The van der Waals surface area contributed by atoms with Gasteiger partial charge in [0.2, 0.25) is 0 Å². The molecule has 2 aromatic carbocycles. The van der Waals surface area contributed by atoms with Gasteiger partial charge >= 0.3 is 0 Å². The van der Waals surface area contributed by atoms with Crippen LogP contribution < -0.4 is 14.9 Å². The Morgan fingerprint density at radius 1 is 1.07 bits per heavy atom. The van der Waals surface area contributed by atoms with E-state index in [1.165, 1.54) is 23.5 Å². The molecule has 1 fully saturated rings. The molecule has 0 bridgehead atoms. The van der Waals surface area contributed by atoms with Crippen molar-refractivity contribution in [3.8, 4) is 0 Å². The normalized spacial score (nSPS) is 14.9. The molecule has 1 amide bonds. The molecule has 3 rings (SSSR count). The van der Waals surface area contributed by atoms with Gasteiger partial charge in [-0.15, -0.1) is 12.4 Å². The molecule has 1 aliphatic heterocycles. The molecule has 0 unspecified atom stereocenters. The average molecular weight is 410 g/mol. The van der Waals surface area contributed by atoms with E-state index in [1.807, 2.05) is 6.07 Å². The van der Waals surface area contributed by atoms with Gasteiger partial charge in [-0.2, -0.15) is 0 Å². The molecule has 0 aliphatic carbocycles. The summed E-state index contributed by atoms with van der Waals surface area (Å²) in [7, 11) is -2.23. The molecule has 0 aromatic heterocycles. The van der Waals surface area contributed by atoms with Gasteiger partial charge in [-0.1, -0.05) is 24.3 Å². The van der Waals surface area contributed by atoms with Crippen molar-refractivity contribution >= 4 is 34.0 Å². The Labute approximate surface area is 166 Å². The second kappa shape index (κ2) is 9.21. The Morgan fingerprint density at radius 2 is 1.74 bits per heavy atom. The number of nitrogens with zero attached hydrogens (tertiary/aromatic N) is 1. The van der Waals surface area contributed by atoms with E-state index in [1.54, 1.807) is 36.4 Å². The summed E-state index contributed by atoms with van der Waals surface area (Å²) in [5, 5.41) is 6.24. The van der Waals surface area contributed by atoms with Gasteiger partial charge in [0.25, 0.3) is 15.9 Å². The first-order chi connectivity index (χ1) is 12.5. The lowest BCUT2D eigenvalue weighted by Crippen LogP contribution is -2.42. The molecule has 0 atom stereocenters. The Morgan fingerprint density at radius 3 is 2.41 bits per heavy atom. The highest BCUT2D eigenvalue weighted by Crippen LogP contribution is 2.22. The van der Waals surface area contributed by atoms with Crippen LogP contribution in [-0.2, 0) is 10.0 Å². The second-order valence-corrected chi connectivity index (χ2v) is 8.30. The van der Waals surface area contributed by atoms with E-state index in [4.69, 9.17) is 0 Å². The highest BCUT2D eigenvalue weighted by Gasteiger charge is 2.23. The number of carbonyl (C=O) groups is 1. The number of nitrogens with one attached hydrogen (secondary N) is 2. The smallest absolute Gasteiger partial charge is 0.264 e. The molecule has 2 aromatic rings. The predicted molar refractivity (Wildman–Crippen MR) is 109 cm³/mol. The van der Waals surface area contributed by atoms with E-state index in [2.05, 4.69) is 10.6 Å². The fraction of sp³-hybridized carbons (Fsp3) is 0.316. The highest BCUT2D eigenvalue weighted by molar-refractivity contribution is 7.92. The number of hydrogen-bond acceptors (Lipinski definition) is 4. The van der Waals surface area contributed by atoms with Gasteiger partial charge in [0, 0.05) is 18.7 Å². The maximum absolute atomic E-state index is 12.9. The van der Waals surface area contributed by atoms with Gasteiger partial charge in [-0.25, -0.2) is 8.42 Å². The van der Waals surface area contributed by atoms with E-state index in [-0.39, 0.29) is 29.3 Å². The number of piperidine rings is 1. The summed E-state index contributed by atoms with van der Waals surface area (Å²) in [5.74, 6) is -0.240. The van der Waals surface area contributed by atoms with Crippen molar-refractivity contribution in [3.63, 3.8) is 0 Å². The van der Waals surface area contributed by atoms with Crippen LogP contribution in [0.3, 0.4) is 0 Å². The molecule has 0 spiro atoms. The number of para-hydroxylation sites is 1. The summed E-state index contributed by atoms with van der Waals surface area (Å²) in [4.78, 5) is 12.6. The van der Waals surface area contributed by atoms with E-state index in [9.17, 15) is 13.2 Å². The quantitative estimate of drug-likeness (QED) is 0.794. The zero-order valence-corrected chi connectivity index (χ0v) is 16.7. The van der Waals surface area contributed by atoms with Crippen molar-refractivity contribution < 1.29 is 13.2 Å². The van der Waals surface area contributed by atoms with E-state index in [0.29, 0.717) is 11.3 Å². The summed E-state index contributed by atoms with van der Waals surface area (Å²) in [5.41, 5.74) is 0.920. The predicted octanol–water partition coefficient (Wildman–Crippen LogP) is 2.42. The highest BCUT2D eigenvalue weighted by atomic mass is 35.5. The van der Waals surface area contributed by atoms with Gasteiger partial charge in [0.1, 0.15) is 0 Å². The lowest BCUT2D eigenvalue weighted by molar-refractivity contribution is 0.0929. The minimum absolute atomic E-state index is 0. The summed E-state index contributed by atoms with van der Waals surface area (Å²) in [6, 6.07) is 15.2. The van der Waals surface area contributed by atoms with Crippen LogP contribution in [0.15, 0.2) is 59.5 Å². The number of sulfonamides is 1. The fourth-order valence-corrected chi connectivity index (χ4v) is 4.21. The average Bonchev–Trinajstić information content (AvgIpc) is 2.69. The SMILES string of the molecule is CN(c1ccccc1)S(=O)(=O)c1cccc(C(=O)NC2CCNCC2)c1.Cl. The molecule has 0 radical (unpaired) electrons. The van der Waals surface area contributed by atoms with Crippen LogP contribution in [-0.4, -0.2) is 40.5 Å². The lowest BCUT2D eigenvalue weighted by Gasteiger charge is -2.24. The number of amides is 1. The van der Waals surface area contributed by atoms with Crippen molar-refractivity contribution in [2.75, 3.05) is 24.4 Å². The van der Waals surface area contributed by atoms with Crippen LogP contribution in [0.5, 0.6) is 0 Å². The first-order valence-corrected chi connectivity index (χ1v) is 10.1. The largest absolute Gasteiger partial charge is 0.349 e. The number of hydrogen-bond donors (Lipinski definition) is 2. The summed E-state index contributed by atoms with van der Waals surface area (Å²) < 4.78 is 27.0. The van der Waals surface area contributed by atoms with Crippen molar-refractivity contribution in [1.29, 1.82) is 0 Å². The zero-order chi connectivity index (χ0) is 18.6. The van der Waals surface area contributed by atoms with Crippen molar-refractivity contribution in [2.45, 2.75) is 23.8 Å². The Hall–Kier alpha value is -2.09. The summed E-state index contributed by atoms with van der Waals surface area (Å²) in [6.07, 6.45) is 1.75. The zero-order valence-electron chi connectivity index (χ0n) is 15.1. The van der Waals surface area contributed by atoms with E-state index >= 15 is 0 Å². The Kier molecular flexibility index (Phi) is 7.24. The maximum atomic E-state index is 12.9. The van der Waals surface area contributed by atoms with Gasteiger partial charge in [0.15, 0.2) is 0 Å². The molecule has 27 heavy (non-hydrogen) atoms. The summed E-state index contributed by atoms with van der Waals surface area (Å²) in [6.45, 7) is 1.75. The van der Waals surface area contributed by atoms with Crippen LogP contribution in [0.1, 0.15) is 23.2 Å². The second-order valence-electron chi connectivity index (χ2n) is 6.33. The Bertz CT molecular complexity index is 869. The molecular weight excluding hydrogens is 386 g/mol. The summed E-state index contributed by atoms with van der Waals surface area (Å²) >= 11 is 0. The van der Waals surface area contributed by atoms with Gasteiger partial charge in [0.05, 0.1) is 10.6 Å². The van der Waals surface area contributed by atoms with Crippen LogP contribution in [0.2, 0.25) is 0 Å². The number of rotatable bonds is 5. The van der Waals surface area contributed by atoms with Gasteiger partial charge in [-0.3, -0.25) is 9.10 Å². The molecule has 8 heteroatoms. The van der Waals surface area contributed by atoms with Crippen molar-refractivity contribution in [2.24, 2.45) is 0 Å². The standard InChI is InChI=1S/C19H23N3O3S.ClH/c1-22(17-7-3-2-4-8-17)26(24,25)18-9-5-6-15(14-18)19(23)21-16-10-12-20-13-11-16;/h2-9,14,16,20H,10-13H2,1H3,(H,21,23);1H. The van der Waals surface area contributed by atoms with Gasteiger partial charge in [-0.05, 0) is 56.3 Å². The molecule has 6 nitrogen and oxygen atoms in total. The van der Waals surface area contributed by atoms with Crippen molar-refractivity contribution in [1.82, 2.24) is 10.6 Å². The number of halogens is 1. The molecule has 1 aliphatic rings. The third-order valence-electron chi connectivity index (χ3n) is 4.55. The van der Waals surface area contributed by atoms with Crippen LogP contribution in [0.4, 0.5) is 5.69 Å². The van der Waals surface area contributed by atoms with E-state index < -0.39 is 10.0 Å². The maximum Gasteiger partial charge on any atom is 0.264 e. The molecule has 0 saturated carbocycles. The van der Waals surface area contributed by atoms with Crippen LogP contribution in [0, 0.1) is 0 Å². The Balaban J connectivity index is 0.00000261. The minimum Gasteiger partial charge on any atom is -0.349 e. The molecule has 2 N–H and O–H groups in total. The van der Waals surface area contributed by atoms with Crippen LogP contribution in [0.25, 0.3) is 0 Å². The number of anilines is 1. The fourth-order valence-electron chi connectivity index (χ4n) is 2.97. The third kappa shape index (κ3) is 5.00. The first-order valence-electron chi connectivity index (χ1n) is 8.64. The number of benzene rings is 2. The van der Waals surface area contributed by atoms with Crippen molar-refractivity contribution in [3.05, 3.63) is 60.2 Å². The topological polar surface area (TPSA) is 78.5 Å².